The number of thiophene rings is 1. The minimum Gasteiger partial charge on any atom is -0.381 e. The molecule has 0 unspecified atom stereocenters. The zero-order chi connectivity index (χ0) is 16.4. The largest absolute Gasteiger partial charge is 0.381 e. The number of nitrogens with one attached hydrogen (secondary N) is 2. The molecule has 0 aromatic carbocycles. The van der Waals surface area contributed by atoms with E-state index in [-0.39, 0.29) is 17.9 Å². The number of aromatic amines is 1. The van der Waals surface area contributed by atoms with Crippen molar-refractivity contribution in [2.24, 2.45) is 5.92 Å². The molecule has 24 heavy (non-hydrogen) atoms. The van der Waals surface area contributed by atoms with Crippen LogP contribution in [0.2, 0.25) is 0 Å². The van der Waals surface area contributed by atoms with Crippen molar-refractivity contribution in [3.63, 3.8) is 0 Å². The fraction of sp³-hybridized carbons (Fsp3) is 0.529. The highest BCUT2D eigenvalue weighted by Gasteiger charge is 2.27. The zero-order valence-electron chi connectivity index (χ0n) is 13.5. The van der Waals surface area contributed by atoms with Crippen molar-refractivity contribution in [2.45, 2.75) is 25.3 Å². The summed E-state index contributed by atoms with van der Waals surface area (Å²) in [7, 11) is 0. The topological polar surface area (TPSA) is 70.2 Å². The van der Waals surface area contributed by atoms with Gasteiger partial charge in [0.2, 0.25) is 5.91 Å². The highest BCUT2D eigenvalue weighted by Crippen LogP contribution is 2.27. The smallest absolute Gasteiger partial charge is 0.225 e. The van der Waals surface area contributed by atoms with Crippen LogP contribution in [0.5, 0.6) is 0 Å². The molecule has 2 saturated heterocycles. The standard InChI is InChI=1S/C17H22N4O2S/c22-17(12-5-8-23-11-12)18-13-3-6-21(7-4-13)16-10-14(19-20-16)15-2-1-9-24-15/h1-2,9-10,12-13H,3-8,11H2,(H,18,22)(H,19,20)/t12-/m1/s1. The van der Waals surface area contributed by atoms with Crippen LogP contribution in [-0.4, -0.2) is 48.4 Å². The Bertz CT molecular complexity index is 671. The Morgan fingerprint density at radius 2 is 2.25 bits per heavy atom. The third-order valence-corrected chi connectivity index (χ3v) is 5.72. The summed E-state index contributed by atoms with van der Waals surface area (Å²) in [5.74, 6) is 1.20. The van der Waals surface area contributed by atoms with Crippen LogP contribution in [0.15, 0.2) is 23.6 Å². The molecule has 2 aliphatic heterocycles. The van der Waals surface area contributed by atoms with Gasteiger partial charge in [0.15, 0.2) is 5.82 Å². The molecule has 0 aliphatic carbocycles. The van der Waals surface area contributed by atoms with Gasteiger partial charge in [0.05, 0.1) is 23.1 Å². The highest BCUT2D eigenvalue weighted by molar-refractivity contribution is 7.13. The lowest BCUT2D eigenvalue weighted by Crippen LogP contribution is -2.46. The van der Waals surface area contributed by atoms with Crippen molar-refractivity contribution >= 4 is 23.1 Å². The molecule has 2 aromatic rings. The van der Waals surface area contributed by atoms with Gasteiger partial charge < -0.3 is 15.0 Å². The third kappa shape index (κ3) is 3.32. The van der Waals surface area contributed by atoms with Gasteiger partial charge in [0, 0.05) is 31.8 Å². The lowest BCUT2D eigenvalue weighted by Gasteiger charge is -2.32. The molecule has 6 nitrogen and oxygen atoms in total. The number of nitrogens with zero attached hydrogens (tertiary/aromatic N) is 2. The van der Waals surface area contributed by atoms with E-state index in [0.29, 0.717) is 13.2 Å². The number of ether oxygens (including phenoxy) is 1. The predicted octanol–water partition coefficient (Wildman–Crippen LogP) is 2.26. The average Bonchev–Trinajstić information content (AvgIpc) is 3.35. The van der Waals surface area contributed by atoms with E-state index < -0.39 is 0 Å². The summed E-state index contributed by atoms with van der Waals surface area (Å²) in [6.45, 7) is 3.12. The first-order chi connectivity index (χ1) is 11.8. The highest BCUT2D eigenvalue weighted by atomic mass is 32.1. The maximum atomic E-state index is 12.2. The number of amides is 1. The summed E-state index contributed by atoms with van der Waals surface area (Å²) in [5, 5.41) is 12.8. The van der Waals surface area contributed by atoms with Crippen molar-refractivity contribution in [3.8, 4) is 10.6 Å². The summed E-state index contributed by atoms with van der Waals surface area (Å²) in [6, 6.07) is 6.52. The molecule has 2 aliphatic rings. The van der Waals surface area contributed by atoms with Gasteiger partial charge in [0.1, 0.15) is 0 Å². The van der Waals surface area contributed by atoms with Gasteiger partial charge in [-0.3, -0.25) is 9.89 Å². The Morgan fingerprint density at radius 3 is 2.96 bits per heavy atom. The Balaban J connectivity index is 1.30. The molecule has 1 atom stereocenters. The second kappa shape index (κ2) is 6.94. The normalized spacial score (nSPS) is 22.0. The molecule has 0 radical (unpaired) electrons. The number of aromatic nitrogens is 2. The summed E-state index contributed by atoms with van der Waals surface area (Å²) in [5.41, 5.74) is 1.07. The molecule has 7 heteroatoms. The third-order valence-electron chi connectivity index (χ3n) is 4.82. The zero-order valence-corrected chi connectivity index (χ0v) is 14.3. The van der Waals surface area contributed by atoms with Gasteiger partial charge in [0.25, 0.3) is 0 Å². The summed E-state index contributed by atoms with van der Waals surface area (Å²) < 4.78 is 5.30. The van der Waals surface area contributed by atoms with Crippen molar-refractivity contribution in [1.82, 2.24) is 15.5 Å². The van der Waals surface area contributed by atoms with Crippen molar-refractivity contribution < 1.29 is 9.53 Å². The minimum atomic E-state index is 0.0442. The number of carbonyl (C=O) groups excluding carboxylic acids is 1. The number of hydrogen-bond donors (Lipinski definition) is 2. The quantitative estimate of drug-likeness (QED) is 0.891. The first-order valence-electron chi connectivity index (χ1n) is 8.52. The second-order valence-corrected chi connectivity index (χ2v) is 7.40. The number of rotatable bonds is 4. The van der Waals surface area contributed by atoms with Gasteiger partial charge in [-0.1, -0.05) is 6.07 Å². The Hall–Kier alpha value is -1.86. The molecule has 0 spiro atoms. The van der Waals surface area contributed by atoms with Gasteiger partial charge >= 0.3 is 0 Å². The first kappa shape index (κ1) is 15.7. The first-order valence-corrected chi connectivity index (χ1v) is 9.40. The minimum absolute atomic E-state index is 0.0442. The molecule has 4 heterocycles. The fourth-order valence-corrected chi connectivity index (χ4v) is 4.04. The van der Waals surface area contributed by atoms with Crippen LogP contribution in [0.4, 0.5) is 5.82 Å². The number of piperidine rings is 1. The Labute approximate surface area is 145 Å². The summed E-state index contributed by atoms with van der Waals surface area (Å²) in [6.07, 6.45) is 2.77. The molecule has 1 amide bonds. The monoisotopic (exact) mass is 346 g/mol. The average molecular weight is 346 g/mol. The molecule has 4 rings (SSSR count). The lowest BCUT2D eigenvalue weighted by atomic mass is 10.0. The number of carbonyl (C=O) groups is 1. The van der Waals surface area contributed by atoms with Crippen LogP contribution < -0.4 is 10.2 Å². The van der Waals surface area contributed by atoms with Crippen LogP contribution in [0.1, 0.15) is 19.3 Å². The molecule has 0 bridgehead atoms. The molecule has 2 aromatic heterocycles. The van der Waals surface area contributed by atoms with Crippen LogP contribution in [0, 0.1) is 5.92 Å². The molecule has 128 valence electrons. The Kier molecular flexibility index (Phi) is 4.53. The maximum Gasteiger partial charge on any atom is 0.225 e. The molecule has 2 fully saturated rings. The number of H-pyrrole nitrogens is 1. The molecular formula is C17H22N4O2S. The van der Waals surface area contributed by atoms with E-state index in [4.69, 9.17) is 4.74 Å². The van der Waals surface area contributed by atoms with Crippen LogP contribution in [0.25, 0.3) is 10.6 Å². The van der Waals surface area contributed by atoms with Crippen LogP contribution in [-0.2, 0) is 9.53 Å². The van der Waals surface area contributed by atoms with Crippen molar-refractivity contribution in [2.75, 3.05) is 31.2 Å². The van der Waals surface area contributed by atoms with E-state index in [9.17, 15) is 4.79 Å². The molecule has 2 N–H and O–H groups in total. The predicted molar refractivity (Wildman–Crippen MR) is 94.2 cm³/mol. The van der Waals surface area contributed by atoms with Crippen molar-refractivity contribution in [1.29, 1.82) is 0 Å². The van der Waals surface area contributed by atoms with Gasteiger partial charge in [-0.2, -0.15) is 5.10 Å². The Morgan fingerprint density at radius 1 is 1.38 bits per heavy atom. The molecular weight excluding hydrogens is 324 g/mol. The van der Waals surface area contributed by atoms with E-state index in [1.165, 1.54) is 4.88 Å². The fourth-order valence-electron chi connectivity index (χ4n) is 3.34. The van der Waals surface area contributed by atoms with Gasteiger partial charge in [-0.05, 0) is 30.7 Å². The van der Waals surface area contributed by atoms with Crippen LogP contribution >= 0.6 is 11.3 Å². The van der Waals surface area contributed by atoms with Gasteiger partial charge in [-0.15, -0.1) is 11.3 Å². The van der Waals surface area contributed by atoms with E-state index in [0.717, 1.165) is 43.9 Å². The van der Waals surface area contributed by atoms with Crippen molar-refractivity contribution in [3.05, 3.63) is 23.6 Å². The summed E-state index contributed by atoms with van der Waals surface area (Å²) >= 11 is 1.71. The van der Waals surface area contributed by atoms with E-state index in [1.54, 1.807) is 11.3 Å². The number of anilines is 1. The summed E-state index contributed by atoms with van der Waals surface area (Å²) in [4.78, 5) is 15.7. The SMILES string of the molecule is O=C(NC1CCN(c2cc(-c3cccs3)[nH]n2)CC1)[C@@H]1CCOC1. The van der Waals surface area contributed by atoms with E-state index in [2.05, 4.69) is 37.9 Å². The second-order valence-electron chi connectivity index (χ2n) is 6.45. The van der Waals surface area contributed by atoms with E-state index >= 15 is 0 Å². The number of hydrogen-bond acceptors (Lipinski definition) is 5. The van der Waals surface area contributed by atoms with Gasteiger partial charge in [-0.25, -0.2) is 0 Å². The van der Waals surface area contributed by atoms with E-state index in [1.807, 2.05) is 6.07 Å². The maximum absolute atomic E-state index is 12.2. The lowest BCUT2D eigenvalue weighted by molar-refractivity contribution is -0.125. The molecule has 0 saturated carbocycles. The van der Waals surface area contributed by atoms with Crippen LogP contribution in [0.3, 0.4) is 0 Å².